The lowest BCUT2D eigenvalue weighted by Gasteiger charge is -2.07. The molecule has 0 saturated carbocycles. The van der Waals surface area contributed by atoms with Gasteiger partial charge in [0, 0.05) is 5.56 Å². The Labute approximate surface area is 147 Å². The summed E-state index contributed by atoms with van der Waals surface area (Å²) in [4.78, 5) is 16.5. The fourth-order valence-electron chi connectivity index (χ4n) is 2.55. The minimum absolute atomic E-state index is 0.0659. The Morgan fingerprint density at radius 1 is 1.04 bits per heavy atom. The molecular weight excluding hydrogens is 314 g/mol. The molecule has 1 heterocycles. The molecule has 0 aliphatic rings. The fourth-order valence-corrected chi connectivity index (χ4v) is 2.55. The Hall–Kier alpha value is -2.95. The predicted molar refractivity (Wildman–Crippen MR) is 95.9 cm³/mol. The van der Waals surface area contributed by atoms with E-state index in [4.69, 9.17) is 4.52 Å². The van der Waals surface area contributed by atoms with Crippen LogP contribution in [0.1, 0.15) is 28.1 Å². The van der Waals surface area contributed by atoms with Crippen LogP contribution in [0, 0.1) is 20.8 Å². The normalized spacial score (nSPS) is 10.7. The van der Waals surface area contributed by atoms with Crippen LogP contribution >= 0.6 is 0 Å². The van der Waals surface area contributed by atoms with Crippen molar-refractivity contribution in [2.24, 2.45) is 0 Å². The quantitative estimate of drug-likeness (QED) is 0.774. The summed E-state index contributed by atoms with van der Waals surface area (Å²) >= 11 is 0. The van der Waals surface area contributed by atoms with E-state index in [9.17, 15) is 4.79 Å². The Morgan fingerprint density at radius 2 is 1.76 bits per heavy atom. The van der Waals surface area contributed by atoms with E-state index in [-0.39, 0.29) is 12.5 Å². The summed E-state index contributed by atoms with van der Waals surface area (Å²) in [6.07, 6.45) is 0.340. The Morgan fingerprint density at radius 3 is 2.52 bits per heavy atom. The molecule has 0 aliphatic carbocycles. The number of hydrogen-bond acceptors (Lipinski definition) is 4. The van der Waals surface area contributed by atoms with E-state index in [0.29, 0.717) is 18.1 Å². The van der Waals surface area contributed by atoms with Gasteiger partial charge in [-0.3, -0.25) is 4.79 Å². The van der Waals surface area contributed by atoms with Crippen molar-refractivity contribution >= 4 is 5.91 Å². The van der Waals surface area contributed by atoms with E-state index < -0.39 is 0 Å². The first-order chi connectivity index (χ1) is 12.0. The van der Waals surface area contributed by atoms with Crippen molar-refractivity contribution in [3.8, 4) is 11.4 Å². The van der Waals surface area contributed by atoms with Gasteiger partial charge in [-0.2, -0.15) is 4.98 Å². The van der Waals surface area contributed by atoms with Gasteiger partial charge in [0.1, 0.15) is 0 Å². The maximum Gasteiger partial charge on any atom is 0.246 e. The molecule has 0 aliphatic heterocycles. The van der Waals surface area contributed by atoms with Crippen molar-refractivity contribution in [1.82, 2.24) is 15.5 Å². The topological polar surface area (TPSA) is 68.0 Å². The number of nitrogens with one attached hydrogen (secondary N) is 1. The lowest BCUT2D eigenvalue weighted by Crippen LogP contribution is -2.25. The standard InChI is InChI=1S/C20H21N3O2/c1-13-5-8-16(9-6-13)20-22-19(25-23-20)12-21-18(24)11-17-10-14(2)4-7-15(17)3/h4-10H,11-12H2,1-3H3,(H,21,24). The number of hydrogen-bond donors (Lipinski definition) is 1. The van der Waals surface area contributed by atoms with Crippen LogP contribution in [-0.2, 0) is 17.8 Å². The number of aromatic nitrogens is 2. The first kappa shape index (κ1) is 16.9. The maximum atomic E-state index is 12.2. The van der Waals surface area contributed by atoms with Crippen LogP contribution in [0.15, 0.2) is 47.0 Å². The fraction of sp³-hybridized carbons (Fsp3) is 0.250. The van der Waals surface area contributed by atoms with E-state index >= 15 is 0 Å². The molecule has 1 aromatic heterocycles. The summed E-state index contributed by atoms with van der Waals surface area (Å²) in [7, 11) is 0. The highest BCUT2D eigenvalue weighted by atomic mass is 16.5. The molecule has 0 unspecified atom stereocenters. The molecule has 2 aromatic carbocycles. The summed E-state index contributed by atoms with van der Waals surface area (Å²) in [5, 5.41) is 6.80. The molecule has 5 nitrogen and oxygen atoms in total. The second-order valence-corrected chi connectivity index (χ2v) is 6.26. The zero-order valence-electron chi connectivity index (χ0n) is 14.7. The molecule has 0 spiro atoms. The number of amides is 1. The third-order valence-corrected chi connectivity index (χ3v) is 4.07. The smallest absolute Gasteiger partial charge is 0.246 e. The van der Waals surface area contributed by atoms with Crippen LogP contribution < -0.4 is 5.32 Å². The SMILES string of the molecule is Cc1ccc(-c2noc(CNC(=O)Cc3cc(C)ccc3C)n2)cc1. The van der Waals surface area contributed by atoms with Crippen molar-refractivity contribution < 1.29 is 9.32 Å². The highest BCUT2D eigenvalue weighted by Crippen LogP contribution is 2.16. The zero-order chi connectivity index (χ0) is 17.8. The van der Waals surface area contributed by atoms with Gasteiger partial charge < -0.3 is 9.84 Å². The number of rotatable bonds is 5. The first-order valence-electron chi connectivity index (χ1n) is 8.24. The molecule has 1 N–H and O–H groups in total. The number of aryl methyl sites for hydroxylation is 3. The van der Waals surface area contributed by atoms with E-state index in [1.54, 1.807) is 0 Å². The van der Waals surface area contributed by atoms with E-state index in [1.807, 2.05) is 63.2 Å². The number of carbonyl (C=O) groups is 1. The second kappa shape index (κ2) is 7.30. The van der Waals surface area contributed by atoms with E-state index in [0.717, 1.165) is 22.3 Å². The van der Waals surface area contributed by atoms with Gasteiger partial charge in [0.15, 0.2) is 0 Å². The third-order valence-electron chi connectivity index (χ3n) is 4.07. The molecule has 5 heteroatoms. The molecule has 0 fully saturated rings. The van der Waals surface area contributed by atoms with Crippen LogP contribution in [-0.4, -0.2) is 16.0 Å². The van der Waals surface area contributed by atoms with Gasteiger partial charge in [-0.25, -0.2) is 0 Å². The highest BCUT2D eigenvalue weighted by molar-refractivity contribution is 5.78. The van der Waals surface area contributed by atoms with E-state index in [1.165, 1.54) is 5.56 Å². The Balaban J connectivity index is 1.59. The minimum atomic E-state index is -0.0659. The summed E-state index contributed by atoms with van der Waals surface area (Å²) < 4.78 is 5.22. The van der Waals surface area contributed by atoms with Crippen LogP contribution in [0.3, 0.4) is 0 Å². The van der Waals surface area contributed by atoms with E-state index in [2.05, 4.69) is 15.5 Å². The summed E-state index contributed by atoms with van der Waals surface area (Å²) in [6.45, 7) is 6.28. The van der Waals surface area contributed by atoms with Crippen molar-refractivity contribution in [1.29, 1.82) is 0 Å². The van der Waals surface area contributed by atoms with Crippen LogP contribution in [0.4, 0.5) is 0 Å². The lowest BCUT2D eigenvalue weighted by molar-refractivity contribution is -0.120. The molecule has 0 bridgehead atoms. The maximum absolute atomic E-state index is 12.2. The summed E-state index contributed by atoms with van der Waals surface area (Å²) in [6, 6.07) is 14.0. The van der Waals surface area contributed by atoms with Crippen LogP contribution in [0.25, 0.3) is 11.4 Å². The van der Waals surface area contributed by atoms with Gasteiger partial charge in [0.05, 0.1) is 13.0 Å². The highest BCUT2D eigenvalue weighted by Gasteiger charge is 2.11. The Bertz CT molecular complexity index is 882. The average molecular weight is 335 g/mol. The molecule has 1 amide bonds. The van der Waals surface area contributed by atoms with Crippen molar-refractivity contribution in [2.75, 3.05) is 0 Å². The molecule has 25 heavy (non-hydrogen) atoms. The number of nitrogens with zero attached hydrogens (tertiary/aromatic N) is 2. The van der Waals surface area contributed by atoms with Crippen molar-refractivity contribution in [3.63, 3.8) is 0 Å². The first-order valence-corrected chi connectivity index (χ1v) is 8.24. The number of benzene rings is 2. The average Bonchev–Trinajstić information content (AvgIpc) is 3.06. The van der Waals surface area contributed by atoms with Gasteiger partial charge >= 0.3 is 0 Å². The number of carbonyl (C=O) groups excluding carboxylic acids is 1. The summed E-state index contributed by atoms with van der Waals surface area (Å²) in [5.41, 5.74) is 5.35. The molecular formula is C20H21N3O2. The second-order valence-electron chi connectivity index (χ2n) is 6.26. The minimum Gasteiger partial charge on any atom is -0.347 e. The molecule has 3 aromatic rings. The van der Waals surface area contributed by atoms with Gasteiger partial charge in [-0.05, 0) is 31.9 Å². The van der Waals surface area contributed by atoms with Crippen molar-refractivity contribution in [3.05, 3.63) is 70.6 Å². The predicted octanol–water partition coefficient (Wildman–Crippen LogP) is 3.52. The summed E-state index contributed by atoms with van der Waals surface area (Å²) in [5.74, 6) is 0.854. The van der Waals surface area contributed by atoms with Gasteiger partial charge in [0.25, 0.3) is 0 Å². The monoisotopic (exact) mass is 335 g/mol. The van der Waals surface area contributed by atoms with Crippen LogP contribution in [0.2, 0.25) is 0 Å². The van der Waals surface area contributed by atoms with Crippen molar-refractivity contribution in [2.45, 2.75) is 33.7 Å². The lowest BCUT2D eigenvalue weighted by atomic mass is 10.0. The largest absolute Gasteiger partial charge is 0.347 e. The van der Waals surface area contributed by atoms with Gasteiger partial charge in [-0.1, -0.05) is 58.7 Å². The molecule has 3 rings (SSSR count). The van der Waals surface area contributed by atoms with Gasteiger partial charge in [-0.15, -0.1) is 0 Å². The molecule has 128 valence electrons. The van der Waals surface area contributed by atoms with Crippen LogP contribution in [0.5, 0.6) is 0 Å². The molecule has 0 atom stereocenters. The Kier molecular flexibility index (Phi) is 4.93. The molecule has 0 saturated heterocycles. The third kappa shape index (κ3) is 4.32. The van der Waals surface area contributed by atoms with Gasteiger partial charge in [0.2, 0.25) is 17.6 Å². The molecule has 0 radical (unpaired) electrons. The zero-order valence-corrected chi connectivity index (χ0v) is 14.7.